The summed E-state index contributed by atoms with van der Waals surface area (Å²) >= 11 is 0. The summed E-state index contributed by atoms with van der Waals surface area (Å²) < 4.78 is 7.01. The van der Waals surface area contributed by atoms with E-state index in [-0.39, 0.29) is 11.9 Å². The van der Waals surface area contributed by atoms with Crippen LogP contribution in [0.3, 0.4) is 0 Å². The molecule has 1 amide bonds. The van der Waals surface area contributed by atoms with Crippen LogP contribution in [-0.2, 0) is 23.1 Å². The van der Waals surface area contributed by atoms with Crippen molar-refractivity contribution in [3.8, 4) is 0 Å². The van der Waals surface area contributed by atoms with Crippen LogP contribution in [-0.4, -0.2) is 34.9 Å². The second-order valence-electron chi connectivity index (χ2n) is 5.14. The molecule has 1 aliphatic rings. The van der Waals surface area contributed by atoms with Gasteiger partial charge in [0.2, 0.25) is 5.91 Å². The van der Waals surface area contributed by atoms with Gasteiger partial charge in [-0.05, 0) is 13.8 Å². The maximum Gasteiger partial charge on any atom is 0.230 e. The van der Waals surface area contributed by atoms with Crippen LogP contribution >= 0.6 is 0 Å². The molecule has 18 heavy (non-hydrogen) atoms. The topological polar surface area (TPSA) is 82.2 Å². The molecule has 0 saturated carbocycles. The normalized spacial score (nSPS) is 27.4. The molecule has 1 aliphatic heterocycles. The number of aromatic nitrogens is 2. The molecule has 1 aromatic heterocycles. The molecule has 6 nitrogen and oxygen atoms in total. The van der Waals surface area contributed by atoms with E-state index in [1.165, 1.54) is 0 Å². The fourth-order valence-electron chi connectivity index (χ4n) is 2.12. The van der Waals surface area contributed by atoms with Crippen LogP contribution in [0.2, 0.25) is 0 Å². The average Bonchev–Trinajstić information content (AvgIpc) is 2.80. The molecule has 100 valence electrons. The number of nitrogens with one attached hydrogen (secondary N) is 1. The van der Waals surface area contributed by atoms with Crippen LogP contribution in [0.5, 0.6) is 0 Å². The fraction of sp³-hybridized carbons (Fsp3) is 0.667. The second kappa shape index (κ2) is 4.70. The van der Waals surface area contributed by atoms with E-state index in [9.17, 15) is 4.79 Å². The molecule has 3 N–H and O–H groups in total. The van der Waals surface area contributed by atoms with Crippen LogP contribution < -0.4 is 11.1 Å². The quantitative estimate of drug-likeness (QED) is 0.774. The minimum absolute atomic E-state index is 0.0595. The lowest BCUT2D eigenvalue weighted by atomic mass is 9.85. The molecule has 1 aromatic rings. The van der Waals surface area contributed by atoms with E-state index in [1.54, 1.807) is 4.68 Å². The molecule has 0 aliphatic carbocycles. The second-order valence-corrected chi connectivity index (χ2v) is 5.14. The maximum atomic E-state index is 12.2. The van der Waals surface area contributed by atoms with Crippen LogP contribution in [0, 0.1) is 12.3 Å². The van der Waals surface area contributed by atoms with Gasteiger partial charge < -0.3 is 15.8 Å². The van der Waals surface area contributed by atoms with Crippen molar-refractivity contribution in [2.75, 3.05) is 13.2 Å². The summed E-state index contributed by atoms with van der Waals surface area (Å²) in [5, 5.41) is 7.15. The van der Waals surface area contributed by atoms with Crippen molar-refractivity contribution in [2.24, 2.45) is 18.2 Å². The van der Waals surface area contributed by atoms with E-state index in [4.69, 9.17) is 10.5 Å². The molecular weight excluding hydrogens is 232 g/mol. The summed E-state index contributed by atoms with van der Waals surface area (Å²) in [5.74, 6) is -0.0595. The van der Waals surface area contributed by atoms with Gasteiger partial charge in [-0.1, -0.05) is 0 Å². The van der Waals surface area contributed by atoms with E-state index in [2.05, 4.69) is 10.4 Å². The summed E-state index contributed by atoms with van der Waals surface area (Å²) in [7, 11) is 1.86. The third-order valence-electron chi connectivity index (χ3n) is 3.59. The van der Waals surface area contributed by atoms with E-state index in [1.807, 2.05) is 27.1 Å². The van der Waals surface area contributed by atoms with Gasteiger partial charge in [0.25, 0.3) is 0 Å². The number of nitrogens with two attached hydrogens (primary N) is 1. The molecule has 0 radical (unpaired) electrons. The van der Waals surface area contributed by atoms with Crippen molar-refractivity contribution in [1.29, 1.82) is 0 Å². The Morgan fingerprint density at radius 1 is 1.78 bits per heavy atom. The Bertz CT molecular complexity index is 457. The number of carbonyl (C=O) groups excluding carboxylic acids is 1. The first-order valence-electron chi connectivity index (χ1n) is 6.04. The van der Waals surface area contributed by atoms with Gasteiger partial charge in [-0.25, -0.2) is 0 Å². The molecule has 0 spiro atoms. The highest BCUT2D eigenvalue weighted by molar-refractivity contribution is 5.83. The summed E-state index contributed by atoms with van der Waals surface area (Å²) in [6.45, 7) is 5.06. The molecule has 0 aromatic carbocycles. The number of rotatable bonds is 3. The zero-order chi connectivity index (χ0) is 13.3. The summed E-state index contributed by atoms with van der Waals surface area (Å²) in [6, 6.07) is -0.243. The van der Waals surface area contributed by atoms with Crippen LogP contribution in [0.15, 0.2) is 6.20 Å². The van der Waals surface area contributed by atoms with Gasteiger partial charge in [-0.3, -0.25) is 9.48 Å². The van der Waals surface area contributed by atoms with Gasteiger partial charge in [0.15, 0.2) is 0 Å². The number of nitrogens with zero attached hydrogens (tertiary/aromatic N) is 2. The molecule has 6 heteroatoms. The molecule has 1 fully saturated rings. The van der Waals surface area contributed by atoms with E-state index < -0.39 is 5.41 Å². The molecule has 2 rings (SSSR count). The van der Waals surface area contributed by atoms with Crippen molar-refractivity contribution in [1.82, 2.24) is 15.1 Å². The predicted octanol–water partition coefficient (Wildman–Crippen LogP) is -0.291. The number of ether oxygens (including phenoxy) is 1. The SMILES string of the molecule is Cc1nn(C)cc1CNC(=O)C1(C)COCC1N. The molecule has 2 unspecified atom stereocenters. The predicted molar refractivity (Wildman–Crippen MR) is 66.7 cm³/mol. The Morgan fingerprint density at radius 2 is 2.50 bits per heavy atom. The lowest BCUT2D eigenvalue weighted by molar-refractivity contribution is -0.130. The third kappa shape index (κ3) is 2.26. The van der Waals surface area contributed by atoms with Crippen LogP contribution in [0.25, 0.3) is 0 Å². The minimum Gasteiger partial charge on any atom is -0.379 e. The smallest absolute Gasteiger partial charge is 0.230 e. The number of amides is 1. The lowest BCUT2D eigenvalue weighted by Crippen LogP contribution is -2.49. The standard InChI is InChI=1S/C12H20N4O2/c1-8-9(5-16(3)15-8)4-14-11(17)12(2)7-18-6-10(12)13/h5,10H,4,6-7,13H2,1-3H3,(H,14,17). The first-order chi connectivity index (χ1) is 8.43. The van der Waals surface area contributed by atoms with Gasteiger partial charge in [-0.15, -0.1) is 0 Å². The Hall–Kier alpha value is -1.40. The van der Waals surface area contributed by atoms with Crippen molar-refractivity contribution < 1.29 is 9.53 Å². The van der Waals surface area contributed by atoms with Gasteiger partial charge in [0, 0.05) is 31.4 Å². The summed E-state index contributed by atoms with van der Waals surface area (Å²) in [4.78, 5) is 12.2. The zero-order valence-electron chi connectivity index (χ0n) is 11.1. The zero-order valence-corrected chi connectivity index (χ0v) is 11.1. The fourth-order valence-corrected chi connectivity index (χ4v) is 2.12. The molecule has 0 bridgehead atoms. The molecule has 2 atom stereocenters. The van der Waals surface area contributed by atoms with Crippen LogP contribution in [0.4, 0.5) is 0 Å². The highest BCUT2D eigenvalue weighted by atomic mass is 16.5. The third-order valence-corrected chi connectivity index (χ3v) is 3.59. The Balaban J connectivity index is 1.98. The van der Waals surface area contributed by atoms with Crippen LogP contribution in [0.1, 0.15) is 18.2 Å². The van der Waals surface area contributed by atoms with Gasteiger partial charge in [-0.2, -0.15) is 5.10 Å². The van der Waals surface area contributed by atoms with E-state index >= 15 is 0 Å². The number of hydrogen-bond donors (Lipinski definition) is 2. The van der Waals surface area contributed by atoms with Crippen molar-refractivity contribution in [3.05, 3.63) is 17.5 Å². The molecular formula is C12H20N4O2. The highest BCUT2D eigenvalue weighted by Crippen LogP contribution is 2.27. The maximum absolute atomic E-state index is 12.2. The summed E-state index contributed by atoms with van der Waals surface area (Å²) in [6.07, 6.45) is 1.91. The number of aryl methyl sites for hydroxylation is 2. The number of carbonyl (C=O) groups is 1. The Kier molecular flexibility index (Phi) is 3.41. The number of hydrogen-bond acceptors (Lipinski definition) is 4. The van der Waals surface area contributed by atoms with Gasteiger partial charge in [0.1, 0.15) is 0 Å². The molecule has 2 heterocycles. The Labute approximate surface area is 106 Å². The first kappa shape index (κ1) is 13.0. The first-order valence-corrected chi connectivity index (χ1v) is 6.04. The summed E-state index contributed by atoms with van der Waals surface area (Å²) in [5.41, 5.74) is 7.23. The Morgan fingerprint density at radius 3 is 3.00 bits per heavy atom. The average molecular weight is 252 g/mol. The molecule has 1 saturated heterocycles. The minimum atomic E-state index is -0.629. The largest absolute Gasteiger partial charge is 0.379 e. The van der Waals surface area contributed by atoms with Crippen molar-refractivity contribution >= 4 is 5.91 Å². The van der Waals surface area contributed by atoms with Gasteiger partial charge in [0.05, 0.1) is 24.3 Å². The van der Waals surface area contributed by atoms with Gasteiger partial charge >= 0.3 is 0 Å². The highest BCUT2D eigenvalue weighted by Gasteiger charge is 2.44. The van der Waals surface area contributed by atoms with Crippen molar-refractivity contribution in [3.63, 3.8) is 0 Å². The van der Waals surface area contributed by atoms with Crippen molar-refractivity contribution in [2.45, 2.75) is 26.4 Å². The lowest BCUT2D eigenvalue weighted by Gasteiger charge is -2.25. The van der Waals surface area contributed by atoms with E-state index in [0.717, 1.165) is 11.3 Å². The monoisotopic (exact) mass is 252 g/mol. The van der Waals surface area contributed by atoms with E-state index in [0.29, 0.717) is 19.8 Å².